The Morgan fingerprint density at radius 1 is 1.43 bits per heavy atom. The number of carbonyl (C=O) groups excluding carboxylic acids is 1. The van der Waals surface area contributed by atoms with E-state index in [4.69, 9.17) is 0 Å². The molecule has 0 saturated carbocycles. The minimum atomic E-state index is 0. The molecule has 1 aromatic rings. The maximum absolute atomic E-state index is 11.9. The molecule has 160 valence electrons. The van der Waals surface area contributed by atoms with Crippen LogP contribution in [0.1, 0.15) is 36.4 Å². The summed E-state index contributed by atoms with van der Waals surface area (Å²) < 4.78 is 0. The summed E-state index contributed by atoms with van der Waals surface area (Å²) in [4.78, 5) is 23.3. The Hall–Kier alpha value is -0.870. The standard InChI is InChI=1S/C20H35N5OS.HI/c1-6-25-11-7-8-17(25)13-21-20(22-14-19(26)24(4)5)23-15(2)12-18-10-9-16(3)27-18;/h9-10,15,17H,6-8,11-14H2,1-5H3,(H2,21,22,23);1H. The smallest absolute Gasteiger partial charge is 0.243 e. The lowest BCUT2D eigenvalue weighted by Crippen LogP contribution is -2.48. The maximum Gasteiger partial charge on any atom is 0.243 e. The van der Waals surface area contributed by atoms with Crippen molar-refractivity contribution in [2.75, 3.05) is 40.3 Å². The third-order valence-electron chi connectivity index (χ3n) is 4.97. The number of aryl methyl sites for hydroxylation is 1. The molecule has 1 aliphatic rings. The number of halogens is 1. The van der Waals surface area contributed by atoms with Gasteiger partial charge in [0.1, 0.15) is 6.54 Å². The Kier molecular flexibility index (Phi) is 11.4. The molecular weight excluding hydrogens is 485 g/mol. The molecule has 1 amide bonds. The zero-order valence-corrected chi connectivity index (χ0v) is 21.0. The number of hydrogen-bond donors (Lipinski definition) is 2. The molecule has 1 fully saturated rings. The van der Waals surface area contributed by atoms with E-state index in [-0.39, 0.29) is 42.5 Å². The van der Waals surface area contributed by atoms with Crippen molar-refractivity contribution in [3.63, 3.8) is 0 Å². The molecule has 8 heteroatoms. The van der Waals surface area contributed by atoms with Crippen molar-refractivity contribution in [3.8, 4) is 0 Å². The molecule has 0 radical (unpaired) electrons. The molecule has 0 aromatic carbocycles. The highest BCUT2D eigenvalue weighted by Crippen LogP contribution is 2.17. The topological polar surface area (TPSA) is 60.0 Å². The van der Waals surface area contributed by atoms with Crippen molar-refractivity contribution in [2.24, 2.45) is 4.99 Å². The first-order valence-electron chi connectivity index (χ1n) is 9.93. The zero-order valence-electron chi connectivity index (χ0n) is 17.8. The van der Waals surface area contributed by atoms with Crippen LogP contribution in [0.3, 0.4) is 0 Å². The van der Waals surface area contributed by atoms with Crippen molar-refractivity contribution in [3.05, 3.63) is 21.9 Å². The van der Waals surface area contributed by atoms with Crippen LogP contribution in [-0.2, 0) is 11.2 Å². The van der Waals surface area contributed by atoms with Gasteiger partial charge in [-0.15, -0.1) is 35.3 Å². The van der Waals surface area contributed by atoms with Crippen molar-refractivity contribution in [2.45, 2.75) is 52.1 Å². The van der Waals surface area contributed by atoms with Crippen LogP contribution in [0.15, 0.2) is 17.1 Å². The molecule has 2 rings (SSSR count). The number of rotatable bonds is 8. The summed E-state index contributed by atoms with van der Waals surface area (Å²) in [6, 6.07) is 5.14. The van der Waals surface area contributed by atoms with E-state index in [1.165, 1.54) is 29.1 Å². The van der Waals surface area contributed by atoms with Gasteiger partial charge in [0, 0.05) is 48.9 Å². The van der Waals surface area contributed by atoms with Gasteiger partial charge in [0.2, 0.25) is 5.91 Å². The highest BCUT2D eigenvalue weighted by Gasteiger charge is 2.23. The average molecular weight is 522 g/mol. The molecule has 2 heterocycles. The molecular formula is C20H36IN5OS. The van der Waals surface area contributed by atoms with E-state index in [2.05, 4.69) is 53.4 Å². The Morgan fingerprint density at radius 2 is 2.18 bits per heavy atom. The average Bonchev–Trinajstić information content (AvgIpc) is 3.25. The van der Waals surface area contributed by atoms with Gasteiger partial charge in [-0.2, -0.15) is 0 Å². The molecule has 0 bridgehead atoms. The van der Waals surface area contributed by atoms with E-state index in [0.717, 1.165) is 25.5 Å². The van der Waals surface area contributed by atoms with Gasteiger partial charge in [0.15, 0.2) is 5.96 Å². The van der Waals surface area contributed by atoms with E-state index >= 15 is 0 Å². The van der Waals surface area contributed by atoms with Crippen molar-refractivity contribution >= 4 is 47.2 Å². The van der Waals surface area contributed by atoms with Gasteiger partial charge in [0.05, 0.1) is 0 Å². The lowest BCUT2D eigenvalue weighted by molar-refractivity contribution is -0.127. The lowest BCUT2D eigenvalue weighted by atomic mass is 10.2. The van der Waals surface area contributed by atoms with Gasteiger partial charge >= 0.3 is 0 Å². The monoisotopic (exact) mass is 521 g/mol. The highest BCUT2D eigenvalue weighted by atomic mass is 127. The SMILES string of the molecule is CCN1CCCC1CNC(=NCC(=O)N(C)C)NC(C)Cc1ccc(C)s1.I. The van der Waals surface area contributed by atoms with E-state index < -0.39 is 0 Å². The second kappa shape index (κ2) is 12.6. The molecule has 2 atom stereocenters. The summed E-state index contributed by atoms with van der Waals surface area (Å²) in [5.74, 6) is 0.739. The molecule has 1 aliphatic heterocycles. The van der Waals surface area contributed by atoms with Crippen LogP contribution >= 0.6 is 35.3 Å². The molecule has 1 aromatic heterocycles. The molecule has 28 heavy (non-hydrogen) atoms. The van der Waals surface area contributed by atoms with Crippen LogP contribution < -0.4 is 10.6 Å². The third kappa shape index (κ3) is 8.24. The van der Waals surface area contributed by atoms with Crippen LogP contribution in [0.25, 0.3) is 0 Å². The maximum atomic E-state index is 11.9. The summed E-state index contributed by atoms with van der Waals surface area (Å²) in [7, 11) is 3.52. The molecule has 6 nitrogen and oxygen atoms in total. The van der Waals surface area contributed by atoms with E-state index in [9.17, 15) is 4.79 Å². The fourth-order valence-electron chi connectivity index (χ4n) is 3.38. The van der Waals surface area contributed by atoms with Crippen molar-refractivity contribution in [1.82, 2.24) is 20.4 Å². The summed E-state index contributed by atoms with van der Waals surface area (Å²) >= 11 is 1.83. The Morgan fingerprint density at radius 3 is 2.79 bits per heavy atom. The van der Waals surface area contributed by atoms with Gasteiger partial charge in [-0.25, -0.2) is 4.99 Å². The first-order chi connectivity index (χ1) is 12.9. The number of likely N-dealkylation sites (tertiary alicyclic amines) is 1. The Labute approximate surface area is 191 Å². The Balaban J connectivity index is 0.00000392. The van der Waals surface area contributed by atoms with Crippen LogP contribution in [0.4, 0.5) is 0 Å². The van der Waals surface area contributed by atoms with Gasteiger partial charge in [-0.1, -0.05) is 6.92 Å². The normalized spacial score (nSPS) is 18.5. The molecule has 2 unspecified atom stereocenters. The minimum Gasteiger partial charge on any atom is -0.355 e. The number of thiophene rings is 1. The fraction of sp³-hybridized carbons (Fsp3) is 0.700. The van der Waals surface area contributed by atoms with E-state index in [0.29, 0.717) is 6.04 Å². The number of likely N-dealkylation sites (N-methyl/N-ethyl adjacent to an activating group) is 2. The van der Waals surface area contributed by atoms with Gasteiger partial charge in [-0.3, -0.25) is 9.69 Å². The number of guanidine groups is 1. The van der Waals surface area contributed by atoms with E-state index in [1.807, 2.05) is 11.3 Å². The second-order valence-corrected chi connectivity index (χ2v) is 8.89. The number of hydrogen-bond acceptors (Lipinski definition) is 4. The van der Waals surface area contributed by atoms with Crippen molar-refractivity contribution in [1.29, 1.82) is 0 Å². The predicted octanol–water partition coefficient (Wildman–Crippen LogP) is 2.71. The zero-order chi connectivity index (χ0) is 19.8. The summed E-state index contributed by atoms with van der Waals surface area (Å²) in [5, 5.41) is 6.95. The first kappa shape index (κ1) is 25.2. The quantitative estimate of drug-likeness (QED) is 0.314. The summed E-state index contributed by atoms with van der Waals surface area (Å²) in [5.41, 5.74) is 0. The van der Waals surface area contributed by atoms with Crippen molar-refractivity contribution < 1.29 is 4.79 Å². The second-order valence-electron chi connectivity index (χ2n) is 7.52. The number of nitrogens with one attached hydrogen (secondary N) is 2. The molecule has 0 spiro atoms. The predicted molar refractivity (Wildman–Crippen MR) is 130 cm³/mol. The number of aliphatic imine (C=N–C) groups is 1. The minimum absolute atomic E-state index is 0. The molecule has 2 N–H and O–H groups in total. The van der Waals surface area contributed by atoms with Crippen LogP contribution in [0.5, 0.6) is 0 Å². The van der Waals surface area contributed by atoms with Crippen LogP contribution in [0, 0.1) is 6.92 Å². The van der Waals surface area contributed by atoms with Crippen LogP contribution in [0.2, 0.25) is 0 Å². The fourth-order valence-corrected chi connectivity index (χ4v) is 4.40. The Bertz CT molecular complexity index is 634. The third-order valence-corrected chi connectivity index (χ3v) is 5.99. The first-order valence-corrected chi connectivity index (χ1v) is 10.7. The summed E-state index contributed by atoms with van der Waals surface area (Å²) in [6.07, 6.45) is 3.42. The number of nitrogens with zero attached hydrogens (tertiary/aromatic N) is 3. The molecule has 0 aliphatic carbocycles. The summed E-state index contributed by atoms with van der Waals surface area (Å²) in [6.45, 7) is 9.79. The number of carbonyl (C=O) groups is 1. The van der Waals surface area contributed by atoms with Crippen LogP contribution in [-0.4, -0.2) is 74.0 Å². The van der Waals surface area contributed by atoms with Gasteiger partial charge < -0.3 is 15.5 Å². The highest BCUT2D eigenvalue weighted by molar-refractivity contribution is 14.0. The van der Waals surface area contributed by atoms with Gasteiger partial charge in [-0.05, 0) is 51.9 Å². The van der Waals surface area contributed by atoms with E-state index in [1.54, 1.807) is 19.0 Å². The number of amides is 1. The lowest BCUT2D eigenvalue weighted by Gasteiger charge is -2.25. The van der Waals surface area contributed by atoms with Gasteiger partial charge in [0.25, 0.3) is 0 Å². The molecule has 1 saturated heterocycles. The largest absolute Gasteiger partial charge is 0.355 e.